The summed E-state index contributed by atoms with van der Waals surface area (Å²) in [6, 6.07) is 2.20. The summed E-state index contributed by atoms with van der Waals surface area (Å²) in [5.74, 6) is 0. The minimum absolute atomic E-state index is 0.224. The lowest BCUT2D eigenvalue weighted by Gasteiger charge is -2.13. The highest BCUT2D eigenvalue weighted by molar-refractivity contribution is 7.73. The number of methoxy groups -OCH3 is 1. The third-order valence-electron chi connectivity index (χ3n) is 3.16. The van der Waals surface area contributed by atoms with E-state index in [1.165, 1.54) is 18.4 Å². The number of fused-ring (bicyclic) bond motifs is 1. The summed E-state index contributed by atoms with van der Waals surface area (Å²) in [4.78, 5) is 7.50. The van der Waals surface area contributed by atoms with Gasteiger partial charge >= 0.3 is 0 Å². The third-order valence-corrected chi connectivity index (χ3v) is 4.33. The van der Waals surface area contributed by atoms with Gasteiger partial charge < -0.3 is 9.72 Å². The Morgan fingerprint density at radius 2 is 2.44 bits per heavy atom. The third kappa shape index (κ3) is 1.59. The highest BCUT2D eigenvalue weighted by atomic mass is 32.1. The molecule has 1 aliphatic rings. The first-order valence-corrected chi connectivity index (χ1v) is 6.44. The predicted octanol–water partition coefficient (Wildman–Crippen LogP) is 3.03. The lowest BCUT2D eigenvalue weighted by Crippen LogP contribution is -2.14. The molecule has 1 fully saturated rings. The van der Waals surface area contributed by atoms with Crippen molar-refractivity contribution in [3.63, 3.8) is 0 Å². The number of pyridine rings is 1. The van der Waals surface area contributed by atoms with Crippen LogP contribution in [-0.4, -0.2) is 23.7 Å². The Morgan fingerprint density at radius 1 is 1.62 bits per heavy atom. The highest BCUT2D eigenvalue weighted by Crippen LogP contribution is 2.48. The number of aromatic amines is 1. The van der Waals surface area contributed by atoms with Crippen LogP contribution in [0.4, 0.5) is 0 Å². The number of aromatic nitrogens is 2. The van der Waals surface area contributed by atoms with Gasteiger partial charge in [-0.3, -0.25) is 0 Å². The first kappa shape index (κ1) is 10.4. The van der Waals surface area contributed by atoms with Crippen LogP contribution < -0.4 is 0 Å². The van der Waals surface area contributed by atoms with Crippen molar-refractivity contribution in [1.82, 2.24) is 9.97 Å². The highest BCUT2D eigenvalue weighted by Gasteiger charge is 2.44. The van der Waals surface area contributed by atoms with Crippen molar-refractivity contribution in [3.8, 4) is 0 Å². The maximum atomic E-state index is 5.29. The summed E-state index contributed by atoms with van der Waals surface area (Å²) in [6.45, 7) is 0.788. The number of nitrogens with one attached hydrogen (secondary N) is 1. The zero-order valence-electron chi connectivity index (χ0n) is 8.95. The van der Waals surface area contributed by atoms with Gasteiger partial charge in [-0.25, -0.2) is 4.98 Å². The zero-order valence-corrected chi connectivity index (χ0v) is 10.6. The van der Waals surface area contributed by atoms with Crippen molar-refractivity contribution < 1.29 is 4.74 Å². The van der Waals surface area contributed by atoms with Crippen LogP contribution in [-0.2, 0) is 10.2 Å². The topological polar surface area (TPSA) is 37.9 Å². The van der Waals surface area contributed by atoms with Gasteiger partial charge in [-0.1, -0.05) is 0 Å². The second kappa shape index (κ2) is 3.61. The molecule has 0 amide bonds. The van der Waals surface area contributed by atoms with E-state index in [2.05, 4.69) is 16.0 Å². The van der Waals surface area contributed by atoms with Crippen molar-refractivity contribution in [3.05, 3.63) is 21.8 Å². The van der Waals surface area contributed by atoms with Gasteiger partial charge in [-0.15, -0.1) is 11.3 Å². The minimum Gasteiger partial charge on any atom is -0.384 e. The monoisotopic (exact) mass is 252 g/mol. The van der Waals surface area contributed by atoms with Gasteiger partial charge in [0, 0.05) is 18.7 Å². The first-order valence-electron chi connectivity index (χ1n) is 5.22. The fraction of sp³-hybridized carbons (Fsp3) is 0.455. The van der Waals surface area contributed by atoms with E-state index < -0.39 is 0 Å². The van der Waals surface area contributed by atoms with E-state index in [4.69, 9.17) is 17.0 Å². The normalized spacial score (nSPS) is 17.8. The van der Waals surface area contributed by atoms with Crippen LogP contribution in [0.3, 0.4) is 0 Å². The SMILES string of the molecule is COCC1(c2cnc3[nH]c(=S)sc3c2)CC1. The molecule has 2 aromatic heterocycles. The smallest absolute Gasteiger partial charge is 0.160 e. The number of hydrogen-bond acceptors (Lipinski definition) is 4. The van der Waals surface area contributed by atoms with Crippen LogP contribution in [0, 0.1) is 3.95 Å². The lowest BCUT2D eigenvalue weighted by molar-refractivity contribution is 0.171. The molecule has 1 saturated carbocycles. The van der Waals surface area contributed by atoms with Gasteiger partial charge in [0.15, 0.2) is 3.95 Å². The second-order valence-electron chi connectivity index (χ2n) is 4.30. The summed E-state index contributed by atoms with van der Waals surface area (Å²) in [6.07, 6.45) is 4.35. The summed E-state index contributed by atoms with van der Waals surface area (Å²) in [5.41, 5.74) is 2.40. The molecule has 0 spiro atoms. The molecule has 16 heavy (non-hydrogen) atoms. The molecule has 3 nitrogen and oxygen atoms in total. The standard InChI is InChI=1S/C11H12N2OS2/c1-14-6-11(2-3-11)7-4-8-9(12-5-7)13-10(15)16-8/h4-5H,2-3,6H2,1H3,(H,12,13,15). The molecule has 0 unspecified atom stereocenters. The Morgan fingerprint density at radius 3 is 3.12 bits per heavy atom. The number of thiazole rings is 1. The molecule has 0 atom stereocenters. The Bertz CT molecular complexity index is 583. The molecule has 1 N–H and O–H groups in total. The summed E-state index contributed by atoms with van der Waals surface area (Å²) >= 11 is 6.70. The molecule has 2 aromatic rings. The van der Waals surface area contributed by atoms with Gasteiger partial charge in [0.1, 0.15) is 5.65 Å². The average molecular weight is 252 g/mol. The summed E-state index contributed by atoms with van der Waals surface area (Å²) in [7, 11) is 1.76. The molecule has 0 aromatic carbocycles. The first-order chi connectivity index (χ1) is 7.73. The van der Waals surface area contributed by atoms with Crippen molar-refractivity contribution in [2.75, 3.05) is 13.7 Å². The van der Waals surface area contributed by atoms with Crippen LogP contribution in [0.25, 0.3) is 10.3 Å². The van der Waals surface area contributed by atoms with Gasteiger partial charge in [-0.2, -0.15) is 0 Å². The predicted molar refractivity (Wildman–Crippen MR) is 67.6 cm³/mol. The quantitative estimate of drug-likeness (QED) is 0.853. The van der Waals surface area contributed by atoms with E-state index in [0.717, 1.165) is 20.9 Å². The molecular weight excluding hydrogens is 240 g/mol. The van der Waals surface area contributed by atoms with E-state index >= 15 is 0 Å². The fourth-order valence-electron chi connectivity index (χ4n) is 2.07. The molecule has 0 saturated heterocycles. The Hall–Kier alpha value is -0.780. The second-order valence-corrected chi connectivity index (χ2v) is 6.02. The average Bonchev–Trinajstić information content (AvgIpc) is 2.93. The molecule has 84 valence electrons. The molecule has 0 bridgehead atoms. The summed E-state index contributed by atoms with van der Waals surface area (Å²) in [5, 5.41) is 0. The number of nitrogens with zero attached hydrogens (tertiary/aromatic N) is 1. The minimum atomic E-state index is 0.224. The van der Waals surface area contributed by atoms with Gasteiger partial charge in [0.25, 0.3) is 0 Å². The van der Waals surface area contributed by atoms with Gasteiger partial charge in [0.2, 0.25) is 0 Å². The van der Waals surface area contributed by atoms with E-state index in [-0.39, 0.29) is 5.41 Å². The Balaban J connectivity index is 2.08. The molecule has 0 aliphatic heterocycles. The van der Waals surface area contributed by atoms with E-state index in [9.17, 15) is 0 Å². The number of ether oxygens (including phenoxy) is 1. The van der Waals surface area contributed by atoms with E-state index in [1.54, 1.807) is 18.4 Å². The fourth-order valence-corrected chi connectivity index (χ4v) is 3.17. The van der Waals surface area contributed by atoms with Crippen molar-refractivity contribution in [1.29, 1.82) is 0 Å². The molecule has 0 radical (unpaired) electrons. The molecule has 5 heteroatoms. The number of H-pyrrole nitrogens is 1. The van der Waals surface area contributed by atoms with Crippen LogP contribution in [0.15, 0.2) is 12.3 Å². The maximum Gasteiger partial charge on any atom is 0.160 e. The van der Waals surface area contributed by atoms with Crippen LogP contribution in [0.5, 0.6) is 0 Å². The maximum absolute atomic E-state index is 5.29. The van der Waals surface area contributed by atoms with Crippen molar-refractivity contribution in [2.24, 2.45) is 0 Å². The number of rotatable bonds is 3. The van der Waals surface area contributed by atoms with E-state index in [1.807, 2.05) is 6.20 Å². The van der Waals surface area contributed by atoms with Crippen LogP contribution >= 0.6 is 23.6 Å². The Kier molecular flexibility index (Phi) is 2.34. The largest absolute Gasteiger partial charge is 0.384 e. The molecule has 2 heterocycles. The van der Waals surface area contributed by atoms with Gasteiger partial charge in [0.05, 0.1) is 11.3 Å². The Labute approximate surface area is 102 Å². The van der Waals surface area contributed by atoms with Crippen LogP contribution in [0.1, 0.15) is 18.4 Å². The molecule has 1 aliphatic carbocycles. The van der Waals surface area contributed by atoms with E-state index in [0.29, 0.717) is 0 Å². The lowest BCUT2D eigenvalue weighted by atomic mass is 9.99. The van der Waals surface area contributed by atoms with Crippen molar-refractivity contribution >= 4 is 33.9 Å². The number of hydrogen-bond donors (Lipinski definition) is 1. The zero-order chi connectivity index (χ0) is 11.2. The van der Waals surface area contributed by atoms with Gasteiger partial charge in [-0.05, 0) is 36.7 Å². The van der Waals surface area contributed by atoms with Crippen LogP contribution in [0.2, 0.25) is 0 Å². The molecular formula is C11H12N2OS2. The molecule has 3 rings (SSSR count). The van der Waals surface area contributed by atoms with Crippen molar-refractivity contribution in [2.45, 2.75) is 18.3 Å². The summed E-state index contributed by atoms with van der Waals surface area (Å²) < 4.78 is 7.22.